The van der Waals surface area contributed by atoms with Gasteiger partial charge in [0.25, 0.3) is 0 Å². The van der Waals surface area contributed by atoms with Gasteiger partial charge in [0.05, 0.1) is 6.61 Å². The van der Waals surface area contributed by atoms with Crippen LogP contribution in [0.1, 0.15) is 91.4 Å². The van der Waals surface area contributed by atoms with Crippen molar-refractivity contribution in [2.24, 2.45) is 0 Å². The van der Waals surface area contributed by atoms with Crippen LogP contribution in [0, 0.1) is 0 Å². The molecule has 0 saturated carbocycles. The van der Waals surface area contributed by atoms with Crippen LogP contribution in [0.3, 0.4) is 0 Å². The zero-order valence-corrected chi connectivity index (χ0v) is 16.3. The highest BCUT2D eigenvalue weighted by molar-refractivity contribution is 8.23. The van der Waals surface area contributed by atoms with E-state index in [1.165, 1.54) is 69.5 Å². The zero-order chi connectivity index (χ0) is 16.6. The van der Waals surface area contributed by atoms with E-state index < -0.39 is 0 Å². The lowest BCUT2D eigenvalue weighted by Crippen LogP contribution is -2.18. The van der Waals surface area contributed by atoms with Gasteiger partial charge in [-0.05, 0) is 26.7 Å². The van der Waals surface area contributed by atoms with E-state index in [2.05, 4.69) is 6.92 Å². The molecule has 0 saturated heterocycles. The van der Waals surface area contributed by atoms with Crippen LogP contribution in [0.25, 0.3) is 0 Å². The van der Waals surface area contributed by atoms with Crippen LogP contribution in [0.4, 0.5) is 0 Å². The van der Waals surface area contributed by atoms with Crippen molar-refractivity contribution in [1.82, 2.24) is 0 Å². The predicted molar refractivity (Wildman–Crippen MR) is 103 cm³/mol. The first kappa shape index (κ1) is 21.9. The fraction of sp³-hybridized carbons (Fsp3) is 0.889. The SMILES string of the molecule is CCCCCCCCCCCCC(=S)SC(C)C(=O)OCC. The van der Waals surface area contributed by atoms with Crippen LogP contribution in [0.2, 0.25) is 0 Å². The second-order valence-electron chi connectivity index (χ2n) is 5.82. The molecule has 4 heteroatoms. The lowest BCUT2D eigenvalue weighted by Gasteiger charge is -2.10. The molecule has 0 radical (unpaired) electrons. The molecule has 0 aromatic rings. The summed E-state index contributed by atoms with van der Waals surface area (Å²) in [6.45, 7) is 6.40. The molecule has 130 valence electrons. The number of carbonyl (C=O) groups excluding carboxylic acids is 1. The molecule has 0 aliphatic heterocycles. The van der Waals surface area contributed by atoms with E-state index in [1.54, 1.807) is 0 Å². The Morgan fingerprint density at radius 3 is 1.95 bits per heavy atom. The maximum absolute atomic E-state index is 11.5. The lowest BCUT2D eigenvalue weighted by atomic mass is 10.1. The first-order valence-electron chi connectivity index (χ1n) is 8.97. The van der Waals surface area contributed by atoms with Crippen molar-refractivity contribution in [3.05, 3.63) is 0 Å². The molecule has 0 heterocycles. The van der Waals surface area contributed by atoms with Crippen LogP contribution in [-0.4, -0.2) is 22.0 Å². The van der Waals surface area contributed by atoms with Crippen LogP contribution >= 0.6 is 24.0 Å². The molecule has 0 aliphatic carbocycles. The highest BCUT2D eigenvalue weighted by Crippen LogP contribution is 2.19. The summed E-state index contributed by atoms with van der Waals surface area (Å²) in [6, 6.07) is 0. The molecule has 1 atom stereocenters. The summed E-state index contributed by atoms with van der Waals surface area (Å²) in [5, 5.41) is -0.171. The second-order valence-corrected chi connectivity index (χ2v) is 8.00. The van der Waals surface area contributed by atoms with E-state index in [4.69, 9.17) is 17.0 Å². The number of hydrogen-bond acceptors (Lipinski definition) is 4. The molecule has 1 unspecified atom stereocenters. The fourth-order valence-electron chi connectivity index (χ4n) is 2.32. The van der Waals surface area contributed by atoms with Crippen molar-refractivity contribution in [2.45, 2.75) is 96.7 Å². The Kier molecular flexibility index (Phi) is 15.7. The van der Waals surface area contributed by atoms with Gasteiger partial charge in [-0.1, -0.05) is 76.9 Å². The number of rotatable bonds is 14. The van der Waals surface area contributed by atoms with Crippen LogP contribution in [0.15, 0.2) is 0 Å². The van der Waals surface area contributed by atoms with Gasteiger partial charge in [0.15, 0.2) is 0 Å². The Balaban J connectivity index is 3.40. The van der Waals surface area contributed by atoms with Crippen molar-refractivity contribution < 1.29 is 9.53 Å². The Morgan fingerprint density at radius 2 is 1.45 bits per heavy atom. The van der Waals surface area contributed by atoms with Crippen molar-refractivity contribution in [3.8, 4) is 0 Å². The molecule has 0 aromatic heterocycles. The summed E-state index contributed by atoms with van der Waals surface area (Å²) in [6.07, 6.45) is 14.3. The highest BCUT2D eigenvalue weighted by Gasteiger charge is 2.16. The Morgan fingerprint density at radius 1 is 0.955 bits per heavy atom. The molecular weight excluding hydrogens is 312 g/mol. The van der Waals surface area contributed by atoms with E-state index in [1.807, 2.05) is 13.8 Å². The maximum Gasteiger partial charge on any atom is 0.319 e. The number of thioether (sulfide) groups is 1. The van der Waals surface area contributed by atoms with E-state index >= 15 is 0 Å². The minimum atomic E-state index is -0.171. The van der Waals surface area contributed by atoms with Gasteiger partial charge in [-0.25, -0.2) is 0 Å². The summed E-state index contributed by atoms with van der Waals surface area (Å²) >= 11 is 6.83. The van der Waals surface area contributed by atoms with Crippen LogP contribution in [-0.2, 0) is 9.53 Å². The average molecular weight is 347 g/mol. The largest absolute Gasteiger partial charge is 0.465 e. The molecular formula is C18H34O2S2. The lowest BCUT2D eigenvalue weighted by molar-refractivity contribution is -0.142. The summed E-state index contributed by atoms with van der Waals surface area (Å²) < 4.78 is 5.93. The Hall–Kier alpha value is -0.0900. The number of esters is 1. The van der Waals surface area contributed by atoms with Crippen molar-refractivity contribution in [2.75, 3.05) is 6.61 Å². The molecule has 0 bridgehead atoms. The molecule has 0 rings (SSSR count). The Labute approximate surface area is 147 Å². The third-order valence-corrected chi connectivity index (χ3v) is 5.17. The van der Waals surface area contributed by atoms with Gasteiger partial charge in [0.1, 0.15) is 5.25 Å². The van der Waals surface area contributed by atoms with Gasteiger partial charge in [0, 0.05) is 4.20 Å². The first-order valence-corrected chi connectivity index (χ1v) is 10.3. The maximum atomic E-state index is 11.5. The number of unbranched alkanes of at least 4 members (excludes halogenated alkanes) is 9. The molecule has 0 amide bonds. The van der Waals surface area contributed by atoms with Gasteiger partial charge >= 0.3 is 5.97 Å². The van der Waals surface area contributed by atoms with Crippen molar-refractivity contribution in [1.29, 1.82) is 0 Å². The molecule has 0 fully saturated rings. The van der Waals surface area contributed by atoms with Crippen LogP contribution < -0.4 is 0 Å². The standard InChI is InChI=1S/C18H34O2S2/c1-4-6-7-8-9-10-11-12-13-14-15-17(21)22-16(3)18(19)20-5-2/h16H,4-15H2,1-3H3. The number of hydrogen-bond donors (Lipinski definition) is 0. The number of carbonyl (C=O) groups is 1. The molecule has 0 aliphatic rings. The van der Waals surface area contributed by atoms with E-state index in [0.717, 1.165) is 17.0 Å². The number of ether oxygens (including phenoxy) is 1. The van der Waals surface area contributed by atoms with Gasteiger partial charge in [-0.15, -0.1) is 11.8 Å². The van der Waals surface area contributed by atoms with Gasteiger partial charge in [0.2, 0.25) is 0 Å². The molecule has 22 heavy (non-hydrogen) atoms. The summed E-state index contributed by atoms with van der Waals surface area (Å²) in [5.74, 6) is -0.155. The zero-order valence-electron chi connectivity index (χ0n) is 14.7. The fourth-order valence-corrected chi connectivity index (χ4v) is 3.72. The summed E-state index contributed by atoms with van der Waals surface area (Å²) in [7, 11) is 0. The minimum absolute atomic E-state index is 0.155. The normalized spacial score (nSPS) is 12.1. The quantitative estimate of drug-likeness (QED) is 0.209. The second kappa shape index (κ2) is 15.8. The average Bonchev–Trinajstić information content (AvgIpc) is 2.49. The molecule has 0 spiro atoms. The predicted octanol–water partition coefficient (Wildman–Crippen LogP) is 6.31. The van der Waals surface area contributed by atoms with E-state index in [-0.39, 0.29) is 11.2 Å². The van der Waals surface area contributed by atoms with Gasteiger partial charge < -0.3 is 4.74 Å². The summed E-state index contributed by atoms with van der Waals surface area (Å²) in [4.78, 5) is 11.5. The van der Waals surface area contributed by atoms with Gasteiger partial charge in [-0.3, -0.25) is 4.79 Å². The monoisotopic (exact) mass is 346 g/mol. The third kappa shape index (κ3) is 13.6. The minimum Gasteiger partial charge on any atom is -0.465 e. The third-order valence-electron chi connectivity index (χ3n) is 3.66. The first-order chi connectivity index (χ1) is 10.6. The molecule has 0 aromatic carbocycles. The van der Waals surface area contributed by atoms with E-state index in [0.29, 0.717) is 6.61 Å². The number of thiocarbonyl (C=S) groups is 1. The molecule has 2 nitrogen and oxygen atoms in total. The van der Waals surface area contributed by atoms with Gasteiger partial charge in [-0.2, -0.15) is 0 Å². The van der Waals surface area contributed by atoms with E-state index in [9.17, 15) is 4.79 Å². The smallest absolute Gasteiger partial charge is 0.319 e. The van der Waals surface area contributed by atoms with Crippen molar-refractivity contribution >= 4 is 34.1 Å². The summed E-state index contributed by atoms with van der Waals surface area (Å²) in [5.41, 5.74) is 0. The highest BCUT2D eigenvalue weighted by atomic mass is 32.2. The van der Waals surface area contributed by atoms with Crippen molar-refractivity contribution in [3.63, 3.8) is 0 Å². The van der Waals surface area contributed by atoms with Crippen LogP contribution in [0.5, 0.6) is 0 Å². The molecule has 0 N–H and O–H groups in total. The Bertz CT molecular complexity index is 293. The topological polar surface area (TPSA) is 26.3 Å².